The molecule has 63 heavy (non-hydrogen) atoms. The largest absolute Gasteiger partial charge is 0.487 e. The van der Waals surface area contributed by atoms with Crippen molar-refractivity contribution in [1.82, 2.24) is 23.4 Å². The van der Waals surface area contributed by atoms with Gasteiger partial charge in [0.2, 0.25) is 33.5 Å². The average Bonchev–Trinajstić information content (AvgIpc) is 3.20. The lowest BCUT2D eigenvalue weighted by atomic mass is 10.2. The molecule has 0 fully saturated rings. The number of carboxylic acid groups (broad SMARTS) is 1. The van der Waals surface area contributed by atoms with Crippen molar-refractivity contribution in [3.63, 3.8) is 0 Å². The van der Waals surface area contributed by atoms with Gasteiger partial charge in [-0.25, -0.2) is 22.7 Å². The fourth-order valence-corrected chi connectivity index (χ4v) is 6.78. The molecule has 0 spiro atoms. The summed E-state index contributed by atoms with van der Waals surface area (Å²) in [5.41, 5.74) is -0.586. The van der Waals surface area contributed by atoms with Crippen molar-refractivity contribution in [2.24, 2.45) is 0 Å². The fraction of sp³-hybridized carbons (Fsp3) is 0.229. The molecular formula is C35H34Cl2F3N7O14S2. The van der Waals surface area contributed by atoms with Crippen molar-refractivity contribution in [3.05, 3.63) is 98.6 Å². The Hall–Kier alpha value is -6.48. The van der Waals surface area contributed by atoms with E-state index in [0.29, 0.717) is 22.5 Å². The van der Waals surface area contributed by atoms with E-state index in [9.17, 15) is 49.7 Å². The van der Waals surface area contributed by atoms with Gasteiger partial charge >= 0.3 is 34.1 Å². The van der Waals surface area contributed by atoms with Crippen molar-refractivity contribution in [1.29, 1.82) is 0 Å². The first-order valence-electron chi connectivity index (χ1n) is 17.0. The number of nitro benzene ring substituents is 1. The van der Waals surface area contributed by atoms with Gasteiger partial charge in [0.25, 0.3) is 0 Å². The topological polar surface area (TPSA) is 278 Å². The first-order valence-corrected chi connectivity index (χ1v) is 21.0. The number of hydrogen-bond donors (Lipinski definition) is 3. The first-order chi connectivity index (χ1) is 29.4. The summed E-state index contributed by atoms with van der Waals surface area (Å²) < 4.78 is 111. The minimum atomic E-state index is -4.60. The predicted molar refractivity (Wildman–Crippen MR) is 219 cm³/mol. The van der Waals surface area contributed by atoms with Gasteiger partial charge in [0.1, 0.15) is 22.8 Å². The van der Waals surface area contributed by atoms with Gasteiger partial charge in [-0.3, -0.25) is 20.4 Å². The number of nitrogens with one attached hydrogen (secondary N) is 2. The number of amides is 2. The van der Waals surface area contributed by atoms with Gasteiger partial charge < -0.3 is 28.8 Å². The summed E-state index contributed by atoms with van der Waals surface area (Å²) in [5.74, 6) is -0.682. The molecule has 0 atom stereocenters. The van der Waals surface area contributed by atoms with Gasteiger partial charge in [-0.2, -0.15) is 31.6 Å². The molecule has 3 aromatic carbocycles. The van der Waals surface area contributed by atoms with Gasteiger partial charge in [-0.1, -0.05) is 26.9 Å². The molecule has 0 aliphatic rings. The third-order valence-corrected chi connectivity index (χ3v) is 11.4. The zero-order chi connectivity index (χ0) is 47.3. The number of rotatable bonds is 14. The number of carbonyl (C=O) groups is 2. The van der Waals surface area contributed by atoms with Crippen LogP contribution in [0.25, 0.3) is 10.9 Å². The number of nitrogens with zero attached hydrogens (tertiary/aromatic N) is 5. The van der Waals surface area contributed by atoms with Crippen molar-refractivity contribution < 1.29 is 73.3 Å². The summed E-state index contributed by atoms with van der Waals surface area (Å²) in [6, 6.07) is 13.3. The smallest absolute Gasteiger partial charge is 0.416 e. The second-order valence-electron chi connectivity index (χ2n) is 11.7. The van der Waals surface area contributed by atoms with Crippen LogP contribution >= 0.6 is 23.2 Å². The van der Waals surface area contributed by atoms with Crippen molar-refractivity contribution in [3.8, 4) is 34.8 Å². The third kappa shape index (κ3) is 15.1. The monoisotopic (exact) mass is 967 g/mol. The standard InChI is InChI=1S/C15H11ClF3NO4.C11H8ClNO3.C9H15N5O7S2/c1-2-23-14-8-10(4-5-12(14)20(21)22)24-13-6-3-9(7-11(13)16)15(17,18)19;12-8-3-4-9(16-6-10(14)15)11-7(8)2-1-5-13-11;1-14(22(4,16)17)23(18,19)13-9(15)12-8-10-6(20-2)5-7(11-8)21-3/h3-8H,2H2,1H3;1-5H,6H2,(H,14,15);5H,1-4H3,(H2,10,11,12,13,15). The van der Waals surface area contributed by atoms with Crippen LogP contribution in [0.5, 0.6) is 34.8 Å². The number of carboxylic acids is 1. The number of pyridine rings is 1. The molecule has 0 aliphatic carbocycles. The number of hydrogen-bond acceptors (Lipinski definition) is 16. The van der Waals surface area contributed by atoms with Gasteiger partial charge in [0.05, 0.1) is 53.7 Å². The minimum absolute atomic E-state index is 0.00654. The lowest BCUT2D eigenvalue weighted by Crippen LogP contribution is -2.45. The van der Waals surface area contributed by atoms with Gasteiger partial charge in [0.15, 0.2) is 6.61 Å². The molecular weight excluding hydrogens is 934 g/mol. The highest BCUT2D eigenvalue weighted by atomic mass is 35.5. The number of sulfonamides is 1. The molecule has 0 aliphatic heterocycles. The van der Waals surface area contributed by atoms with Crippen LogP contribution in [0.3, 0.4) is 0 Å². The number of benzene rings is 3. The van der Waals surface area contributed by atoms with Crippen LogP contribution < -0.4 is 33.7 Å². The van der Waals surface area contributed by atoms with E-state index < -0.39 is 55.5 Å². The maximum absolute atomic E-state index is 12.6. The van der Waals surface area contributed by atoms with Crippen LogP contribution in [-0.4, -0.2) is 98.3 Å². The van der Waals surface area contributed by atoms with E-state index in [1.807, 2.05) is 5.32 Å². The number of alkyl halides is 3. The normalized spacial score (nSPS) is 11.2. The van der Waals surface area contributed by atoms with E-state index in [4.69, 9.17) is 52.0 Å². The zero-order valence-corrected chi connectivity index (χ0v) is 36.2. The van der Waals surface area contributed by atoms with Crippen LogP contribution in [-0.2, 0) is 31.2 Å². The molecule has 0 bridgehead atoms. The Morgan fingerprint density at radius 3 is 2.08 bits per heavy atom. The summed E-state index contributed by atoms with van der Waals surface area (Å²) in [7, 11) is -5.27. The third-order valence-electron chi connectivity index (χ3n) is 7.30. The minimum Gasteiger partial charge on any atom is -0.487 e. The highest BCUT2D eigenvalue weighted by molar-refractivity contribution is 8.03. The number of nitro groups is 1. The van der Waals surface area contributed by atoms with E-state index in [1.54, 1.807) is 37.4 Å². The number of fused-ring (bicyclic) bond motifs is 1. The number of methoxy groups -OCH3 is 2. The quantitative estimate of drug-likeness (QED) is 0.0784. The summed E-state index contributed by atoms with van der Waals surface area (Å²) in [6.07, 6.45) is -2.25. The second-order valence-corrected chi connectivity index (χ2v) is 16.4. The Labute approximate surface area is 366 Å². The van der Waals surface area contributed by atoms with Crippen LogP contribution in [0, 0.1) is 10.1 Å². The molecule has 2 heterocycles. The molecule has 0 radical (unpaired) electrons. The number of aliphatic carboxylic acids is 1. The number of aromatic nitrogens is 3. The summed E-state index contributed by atoms with van der Waals surface area (Å²) >= 11 is 11.8. The molecule has 3 N–H and O–H groups in total. The molecule has 0 unspecified atom stereocenters. The highest BCUT2D eigenvalue weighted by Gasteiger charge is 2.31. The molecule has 5 aromatic rings. The zero-order valence-electron chi connectivity index (χ0n) is 33.0. The Morgan fingerprint density at radius 1 is 0.905 bits per heavy atom. The summed E-state index contributed by atoms with van der Waals surface area (Å²) in [5, 5.41) is 22.5. The Bertz CT molecular complexity index is 2660. The maximum atomic E-state index is 12.6. The first kappa shape index (κ1) is 50.9. The summed E-state index contributed by atoms with van der Waals surface area (Å²) in [4.78, 5) is 44.0. The van der Waals surface area contributed by atoms with Gasteiger partial charge in [-0.15, -0.1) is 0 Å². The number of carbonyl (C=O) groups excluding carboxylic acids is 1. The van der Waals surface area contributed by atoms with Crippen molar-refractivity contribution >= 4 is 78.0 Å². The van der Waals surface area contributed by atoms with Gasteiger partial charge in [-0.05, 0) is 55.5 Å². The van der Waals surface area contributed by atoms with E-state index >= 15 is 0 Å². The fourth-order valence-electron chi connectivity index (χ4n) is 4.39. The molecule has 0 saturated carbocycles. The number of urea groups is 1. The Kier molecular flexibility index (Phi) is 17.8. The predicted octanol–water partition coefficient (Wildman–Crippen LogP) is 6.56. The van der Waals surface area contributed by atoms with Crippen LogP contribution in [0.1, 0.15) is 12.5 Å². The molecule has 0 saturated heterocycles. The van der Waals surface area contributed by atoms with E-state index in [2.05, 4.69) is 15.0 Å². The van der Waals surface area contributed by atoms with Gasteiger partial charge in [0, 0.05) is 30.8 Å². The Morgan fingerprint density at radius 2 is 1.54 bits per heavy atom. The molecule has 340 valence electrons. The van der Waals surface area contributed by atoms with Crippen molar-refractivity contribution in [2.45, 2.75) is 13.1 Å². The lowest BCUT2D eigenvalue weighted by Gasteiger charge is -2.15. The van der Waals surface area contributed by atoms with Crippen LogP contribution in [0.15, 0.2) is 72.9 Å². The summed E-state index contributed by atoms with van der Waals surface area (Å²) in [6.45, 7) is 1.46. The lowest BCUT2D eigenvalue weighted by molar-refractivity contribution is -0.385. The molecule has 21 nitrogen and oxygen atoms in total. The molecule has 5 rings (SSSR count). The van der Waals surface area contributed by atoms with Crippen LogP contribution in [0.4, 0.5) is 29.6 Å². The number of anilines is 1. The maximum Gasteiger partial charge on any atom is 0.416 e. The number of ether oxygens (including phenoxy) is 5. The van der Waals surface area contributed by atoms with E-state index in [-0.39, 0.29) is 56.0 Å². The Balaban J connectivity index is 0.000000256. The van der Waals surface area contributed by atoms with E-state index in [1.165, 1.54) is 43.2 Å². The molecule has 28 heteroatoms. The van der Waals surface area contributed by atoms with Crippen LogP contribution in [0.2, 0.25) is 10.0 Å². The number of halogens is 5. The second kappa shape index (κ2) is 22.0. The van der Waals surface area contributed by atoms with E-state index in [0.717, 1.165) is 30.6 Å². The highest BCUT2D eigenvalue weighted by Crippen LogP contribution is 2.38. The SMILES string of the molecule is CCOc1cc(Oc2ccc(C(F)(F)F)cc2Cl)ccc1[N+](=O)[O-].COc1cc(OC)nc(NC(=O)NS(=O)(=O)N(C)S(C)(=O)=O)n1.O=C(O)COc1ccc(Cl)c2cccnc12. The molecule has 2 aromatic heterocycles. The average molecular weight is 969 g/mol. The van der Waals surface area contributed by atoms with Crippen molar-refractivity contribution in [2.75, 3.05) is 46.1 Å². The molecule has 2 amide bonds.